The monoisotopic (exact) mass is 198 g/mol. The minimum Gasteiger partial charge on any atom is -0.393 e. The van der Waals surface area contributed by atoms with Crippen LogP contribution in [0, 0.1) is 0 Å². The maximum absolute atomic E-state index is 9.21. The topological polar surface area (TPSA) is 29.5 Å². The second kappa shape index (κ2) is 3.29. The molecule has 1 heterocycles. The van der Waals surface area contributed by atoms with Crippen LogP contribution in [0.1, 0.15) is 12.0 Å². The van der Waals surface area contributed by atoms with E-state index in [1.54, 1.807) is 0 Å². The number of aliphatic hydroxyl groups is 1. The fraction of sp³-hybridized carbons (Fsp3) is 0.400. The molecule has 0 bridgehead atoms. The summed E-state index contributed by atoms with van der Waals surface area (Å²) in [5.74, 6) is 0. The standard InChI is InChI=1S/C10H11ClO2/c11-9-3-1-2-8(6-9)10(7-12)4-5-13-10/h1-3,6,12H,4-5,7H2. The van der Waals surface area contributed by atoms with Crippen LogP contribution in [0.2, 0.25) is 5.02 Å². The lowest BCUT2D eigenvalue weighted by Crippen LogP contribution is -2.44. The summed E-state index contributed by atoms with van der Waals surface area (Å²) < 4.78 is 5.40. The number of halogens is 1. The summed E-state index contributed by atoms with van der Waals surface area (Å²) in [6.07, 6.45) is 0.865. The largest absolute Gasteiger partial charge is 0.393 e. The number of aliphatic hydroxyl groups excluding tert-OH is 1. The van der Waals surface area contributed by atoms with Crippen LogP contribution in [0.25, 0.3) is 0 Å². The maximum Gasteiger partial charge on any atom is 0.118 e. The average molecular weight is 199 g/mol. The second-order valence-corrected chi connectivity index (χ2v) is 3.70. The highest BCUT2D eigenvalue weighted by atomic mass is 35.5. The molecule has 0 radical (unpaired) electrons. The first-order valence-corrected chi connectivity index (χ1v) is 4.65. The summed E-state index contributed by atoms with van der Waals surface area (Å²) in [6.45, 7) is 0.737. The van der Waals surface area contributed by atoms with Crippen molar-refractivity contribution in [1.29, 1.82) is 0 Å². The second-order valence-electron chi connectivity index (χ2n) is 3.26. The van der Waals surface area contributed by atoms with Crippen molar-refractivity contribution in [2.24, 2.45) is 0 Å². The fourth-order valence-electron chi connectivity index (χ4n) is 1.56. The molecule has 1 aromatic carbocycles. The average Bonchev–Trinajstić information content (AvgIpc) is 2.03. The van der Waals surface area contributed by atoms with Crippen LogP contribution < -0.4 is 0 Å². The molecule has 13 heavy (non-hydrogen) atoms. The van der Waals surface area contributed by atoms with Crippen LogP contribution in [0.4, 0.5) is 0 Å². The first-order chi connectivity index (χ1) is 6.27. The van der Waals surface area contributed by atoms with Crippen molar-refractivity contribution in [2.75, 3.05) is 13.2 Å². The summed E-state index contributed by atoms with van der Waals surface area (Å²) in [7, 11) is 0. The van der Waals surface area contributed by atoms with Gasteiger partial charge in [-0.3, -0.25) is 0 Å². The molecule has 0 saturated carbocycles. The lowest BCUT2D eigenvalue weighted by atomic mass is 9.87. The van der Waals surface area contributed by atoms with E-state index in [-0.39, 0.29) is 6.61 Å². The van der Waals surface area contributed by atoms with Crippen LogP contribution in [0.3, 0.4) is 0 Å². The summed E-state index contributed by atoms with van der Waals surface area (Å²) in [5, 5.41) is 9.89. The Bertz CT molecular complexity index is 302. The molecule has 0 amide bonds. The molecule has 1 aromatic rings. The van der Waals surface area contributed by atoms with E-state index in [9.17, 15) is 5.11 Å². The number of benzene rings is 1. The van der Waals surface area contributed by atoms with Crippen molar-refractivity contribution in [3.8, 4) is 0 Å². The molecular weight excluding hydrogens is 188 g/mol. The van der Waals surface area contributed by atoms with Gasteiger partial charge in [0.15, 0.2) is 0 Å². The van der Waals surface area contributed by atoms with Gasteiger partial charge in [-0.05, 0) is 17.7 Å². The SMILES string of the molecule is OCC1(c2cccc(Cl)c2)CCO1. The molecule has 0 spiro atoms. The van der Waals surface area contributed by atoms with E-state index >= 15 is 0 Å². The summed E-state index contributed by atoms with van der Waals surface area (Å²) in [6, 6.07) is 7.46. The summed E-state index contributed by atoms with van der Waals surface area (Å²) in [4.78, 5) is 0. The van der Waals surface area contributed by atoms with E-state index in [1.807, 2.05) is 24.3 Å². The normalized spacial score (nSPS) is 26.9. The zero-order valence-corrected chi connectivity index (χ0v) is 7.92. The first-order valence-electron chi connectivity index (χ1n) is 4.28. The first kappa shape index (κ1) is 9.00. The van der Waals surface area contributed by atoms with Crippen molar-refractivity contribution in [3.63, 3.8) is 0 Å². The molecule has 2 nitrogen and oxygen atoms in total. The Morgan fingerprint density at radius 1 is 1.54 bits per heavy atom. The molecule has 2 rings (SSSR count). The van der Waals surface area contributed by atoms with E-state index < -0.39 is 5.60 Å². The van der Waals surface area contributed by atoms with E-state index in [0.29, 0.717) is 11.6 Å². The van der Waals surface area contributed by atoms with Gasteiger partial charge in [0.25, 0.3) is 0 Å². The smallest absolute Gasteiger partial charge is 0.118 e. The predicted octanol–water partition coefficient (Wildman–Crippen LogP) is 1.95. The van der Waals surface area contributed by atoms with E-state index in [2.05, 4.69) is 0 Å². The predicted molar refractivity (Wildman–Crippen MR) is 50.8 cm³/mol. The Hall–Kier alpha value is -0.570. The van der Waals surface area contributed by atoms with Crippen LogP contribution in [0.5, 0.6) is 0 Å². The van der Waals surface area contributed by atoms with Crippen LogP contribution in [-0.4, -0.2) is 18.3 Å². The van der Waals surface area contributed by atoms with Crippen molar-refractivity contribution in [1.82, 2.24) is 0 Å². The third-order valence-electron chi connectivity index (χ3n) is 2.49. The molecule has 1 atom stereocenters. The van der Waals surface area contributed by atoms with Crippen LogP contribution >= 0.6 is 11.6 Å². The quantitative estimate of drug-likeness (QED) is 0.787. The number of hydrogen-bond acceptors (Lipinski definition) is 2. The number of hydrogen-bond donors (Lipinski definition) is 1. The van der Waals surface area contributed by atoms with Gasteiger partial charge in [-0.25, -0.2) is 0 Å². The van der Waals surface area contributed by atoms with E-state index in [1.165, 1.54) is 0 Å². The molecule has 1 unspecified atom stereocenters. The molecule has 1 aliphatic rings. The van der Waals surface area contributed by atoms with E-state index in [4.69, 9.17) is 16.3 Å². The third kappa shape index (κ3) is 1.46. The molecule has 1 saturated heterocycles. The highest BCUT2D eigenvalue weighted by Gasteiger charge is 2.39. The molecule has 1 aliphatic heterocycles. The highest BCUT2D eigenvalue weighted by Crippen LogP contribution is 2.37. The Morgan fingerprint density at radius 3 is 2.77 bits per heavy atom. The van der Waals surface area contributed by atoms with Gasteiger partial charge in [0.1, 0.15) is 5.60 Å². The van der Waals surface area contributed by atoms with Gasteiger partial charge in [-0.1, -0.05) is 23.7 Å². The Balaban J connectivity index is 2.33. The minimum atomic E-state index is -0.481. The Kier molecular flexibility index (Phi) is 2.28. The third-order valence-corrected chi connectivity index (χ3v) is 2.73. The molecule has 1 N–H and O–H groups in total. The Labute approximate surface area is 82.1 Å². The Morgan fingerprint density at radius 2 is 2.31 bits per heavy atom. The molecule has 0 aliphatic carbocycles. The van der Waals surface area contributed by atoms with Gasteiger partial charge < -0.3 is 9.84 Å². The lowest BCUT2D eigenvalue weighted by Gasteiger charge is -2.40. The van der Waals surface area contributed by atoms with Crippen molar-refractivity contribution >= 4 is 11.6 Å². The summed E-state index contributed by atoms with van der Waals surface area (Å²) in [5.41, 5.74) is 0.485. The zero-order chi connectivity index (χ0) is 9.31. The molecule has 0 aromatic heterocycles. The molecule has 3 heteroatoms. The van der Waals surface area contributed by atoms with Gasteiger partial charge in [0.2, 0.25) is 0 Å². The lowest BCUT2D eigenvalue weighted by molar-refractivity contribution is -0.177. The summed E-state index contributed by atoms with van der Waals surface area (Å²) >= 11 is 5.85. The van der Waals surface area contributed by atoms with Crippen molar-refractivity contribution in [2.45, 2.75) is 12.0 Å². The zero-order valence-electron chi connectivity index (χ0n) is 7.16. The van der Waals surface area contributed by atoms with Crippen molar-refractivity contribution in [3.05, 3.63) is 34.9 Å². The van der Waals surface area contributed by atoms with Gasteiger partial charge in [0, 0.05) is 11.4 Å². The minimum absolute atomic E-state index is 0.0212. The van der Waals surface area contributed by atoms with Gasteiger partial charge >= 0.3 is 0 Å². The van der Waals surface area contributed by atoms with Gasteiger partial charge in [0.05, 0.1) is 13.2 Å². The number of rotatable bonds is 2. The van der Waals surface area contributed by atoms with E-state index in [0.717, 1.165) is 12.0 Å². The van der Waals surface area contributed by atoms with Crippen LogP contribution in [0.15, 0.2) is 24.3 Å². The fourth-order valence-corrected chi connectivity index (χ4v) is 1.75. The number of ether oxygens (including phenoxy) is 1. The van der Waals surface area contributed by atoms with Gasteiger partial charge in [-0.2, -0.15) is 0 Å². The maximum atomic E-state index is 9.21. The highest BCUT2D eigenvalue weighted by molar-refractivity contribution is 6.30. The van der Waals surface area contributed by atoms with Crippen molar-refractivity contribution < 1.29 is 9.84 Å². The van der Waals surface area contributed by atoms with Gasteiger partial charge in [-0.15, -0.1) is 0 Å². The molecule has 1 fully saturated rings. The van der Waals surface area contributed by atoms with Crippen LogP contribution in [-0.2, 0) is 10.3 Å². The molecule has 70 valence electrons. The molecular formula is C10H11ClO2.